The van der Waals surface area contributed by atoms with E-state index >= 15 is 0 Å². The Bertz CT molecular complexity index is 375. The lowest BCUT2D eigenvalue weighted by Crippen LogP contribution is -2.34. The van der Waals surface area contributed by atoms with Gasteiger partial charge in [0.15, 0.2) is 0 Å². The highest BCUT2D eigenvalue weighted by Gasteiger charge is 2.24. The first-order valence-electron chi connectivity index (χ1n) is 6.25. The molecule has 0 heterocycles. The molecule has 0 radical (unpaired) electrons. The molecule has 1 unspecified atom stereocenters. The molecule has 17 heavy (non-hydrogen) atoms. The van der Waals surface area contributed by atoms with Crippen molar-refractivity contribution in [3.8, 4) is 0 Å². The standard InChI is InChI=1S/C15H23NO/c1-5-9-15(3,12-17)11-16(4)14-8-6-7-13(2)10-14/h6-8,10,12H,5,9,11H2,1-4H3. The Morgan fingerprint density at radius 2 is 2.12 bits per heavy atom. The Balaban J connectivity index is 2.77. The second-order valence-electron chi connectivity index (χ2n) is 5.22. The summed E-state index contributed by atoms with van der Waals surface area (Å²) in [5, 5.41) is 0. The third kappa shape index (κ3) is 3.88. The maximum atomic E-state index is 11.2. The van der Waals surface area contributed by atoms with Crippen LogP contribution in [0.3, 0.4) is 0 Å². The Hall–Kier alpha value is -1.31. The second kappa shape index (κ2) is 5.85. The molecule has 0 aromatic heterocycles. The minimum Gasteiger partial charge on any atom is -0.374 e. The molecule has 0 aliphatic heterocycles. The minimum absolute atomic E-state index is 0.243. The monoisotopic (exact) mass is 233 g/mol. The van der Waals surface area contributed by atoms with Crippen LogP contribution in [0.4, 0.5) is 5.69 Å². The van der Waals surface area contributed by atoms with Crippen LogP contribution in [-0.2, 0) is 4.79 Å². The average molecular weight is 233 g/mol. The molecular weight excluding hydrogens is 210 g/mol. The van der Waals surface area contributed by atoms with E-state index in [0.717, 1.165) is 25.7 Å². The van der Waals surface area contributed by atoms with E-state index < -0.39 is 0 Å². The van der Waals surface area contributed by atoms with Crippen molar-refractivity contribution in [1.82, 2.24) is 0 Å². The van der Waals surface area contributed by atoms with Gasteiger partial charge in [-0.15, -0.1) is 0 Å². The molecule has 0 saturated carbocycles. The maximum absolute atomic E-state index is 11.2. The van der Waals surface area contributed by atoms with Crippen molar-refractivity contribution < 1.29 is 4.79 Å². The maximum Gasteiger partial charge on any atom is 0.127 e. The normalized spacial score (nSPS) is 14.1. The number of carbonyl (C=O) groups is 1. The number of anilines is 1. The van der Waals surface area contributed by atoms with Gasteiger partial charge in [0.2, 0.25) is 0 Å². The number of aryl methyl sites for hydroxylation is 1. The fourth-order valence-electron chi connectivity index (χ4n) is 2.24. The van der Waals surface area contributed by atoms with Gasteiger partial charge in [0.25, 0.3) is 0 Å². The molecule has 0 aliphatic carbocycles. The van der Waals surface area contributed by atoms with Crippen LogP contribution >= 0.6 is 0 Å². The first-order chi connectivity index (χ1) is 8.00. The summed E-state index contributed by atoms with van der Waals surface area (Å²) in [4.78, 5) is 13.4. The Morgan fingerprint density at radius 1 is 1.41 bits per heavy atom. The molecule has 2 nitrogen and oxygen atoms in total. The highest BCUT2D eigenvalue weighted by Crippen LogP contribution is 2.24. The number of benzene rings is 1. The fourth-order valence-corrected chi connectivity index (χ4v) is 2.24. The summed E-state index contributed by atoms with van der Waals surface area (Å²) < 4.78 is 0. The van der Waals surface area contributed by atoms with Crippen LogP contribution in [0, 0.1) is 12.3 Å². The van der Waals surface area contributed by atoms with E-state index in [4.69, 9.17) is 0 Å². The predicted molar refractivity (Wildman–Crippen MR) is 73.5 cm³/mol. The lowest BCUT2D eigenvalue weighted by Gasteiger charge is -2.30. The highest BCUT2D eigenvalue weighted by atomic mass is 16.1. The lowest BCUT2D eigenvalue weighted by atomic mass is 9.86. The smallest absolute Gasteiger partial charge is 0.127 e. The zero-order valence-electron chi connectivity index (χ0n) is 11.4. The highest BCUT2D eigenvalue weighted by molar-refractivity contribution is 5.61. The molecule has 1 aromatic carbocycles. The van der Waals surface area contributed by atoms with E-state index in [2.05, 4.69) is 43.0 Å². The van der Waals surface area contributed by atoms with Gasteiger partial charge >= 0.3 is 0 Å². The van der Waals surface area contributed by atoms with E-state index in [9.17, 15) is 4.79 Å². The first-order valence-corrected chi connectivity index (χ1v) is 6.25. The largest absolute Gasteiger partial charge is 0.374 e. The first kappa shape index (κ1) is 13.8. The zero-order valence-corrected chi connectivity index (χ0v) is 11.4. The molecular formula is C15H23NO. The summed E-state index contributed by atoms with van der Waals surface area (Å²) in [6, 6.07) is 8.38. The number of nitrogens with zero attached hydrogens (tertiary/aromatic N) is 1. The van der Waals surface area contributed by atoms with Crippen LogP contribution in [0.25, 0.3) is 0 Å². The Morgan fingerprint density at radius 3 is 2.65 bits per heavy atom. The molecule has 0 aliphatic rings. The van der Waals surface area contributed by atoms with Crippen molar-refractivity contribution >= 4 is 12.0 Å². The van der Waals surface area contributed by atoms with Gasteiger partial charge in [0, 0.05) is 24.7 Å². The van der Waals surface area contributed by atoms with Crippen LogP contribution < -0.4 is 4.90 Å². The van der Waals surface area contributed by atoms with Gasteiger partial charge in [-0.05, 0) is 31.0 Å². The van der Waals surface area contributed by atoms with Gasteiger partial charge in [0.05, 0.1) is 0 Å². The second-order valence-corrected chi connectivity index (χ2v) is 5.22. The molecule has 1 rings (SSSR count). The van der Waals surface area contributed by atoms with E-state index in [0.29, 0.717) is 0 Å². The van der Waals surface area contributed by atoms with Crippen LogP contribution in [0.1, 0.15) is 32.3 Å². The van der Waals surface area contributed by atoms with Gasteiger partial charge in [-0.2, -0.15) is 0 Å². The van der Waals surface area contributed by atoms with Crippen molar-refractivity contribution in [3.05, 3.63) is 29.8 Å². The quantitative estimate of drug-likeness (QED) is 0.702. The fraction of sp³-hybridized carbons (Fsp3) is 0.533. The van der Waals surface area contributed by atoms with Gasteiger partial charge < -0.3 is 9.69 Å². The van der Waals surface area contributed by atoms with Crippen LogP contribution in [-0.4, -0.2) is 19.9 Å². The van der Waals surface area contributed by atoms with E-state index in [1.54, 1.807) is 0 Å². The summed E-state index contributed by atoms with van der Waals surface area (Å²) in [6.45, 7) is 7.01. The summed E-state index contributed by atoms with van der Waals surface area (Å²) in [7, 11) is 2.05. The van der Waals surface area contributed by atoms with Crippen LogP contribution in [0.2, 0.25) is 0 Å². The lowest BCUT2D eigenvalue weighted by molar-refractivity contribution is -0.115. The van der Waals surface area contributed by atoms with Gasteiger partial charge in [-0.25, -0.2) is 0 Å². The van der Waals surface area contributed by atoms with Crippen molar-refractivity contribution in [2.45, 2.75) is 33.6 Å². The van der Waals surface area contributed by atoms with Crippen LogP contribution in [0.5, 0.6) is 0 Å². The molecule has 0 amide bonds. The van der Waals surface area contributed by atoms with Crippen LogP contribution in [0.15, 0.2) is 24.3 Å². The number of hydrogen-bond acceptors (Lipinski definition) is 2. The zero-order chi connectivity index (χ0) is 12.9. The van der Waals surface area contributed by atoms with E-state index in [-0.39, 0.29) is 5.41 Å². The third-order valence-corrected chi connectivity index (χ3v) is 3.15. The molecule has 0 saturated heterocycles. The molecule has 1 atom stereocenters. The average Bonchev–Trinajstić information content (AvgIpc) is 2.29. The minimum atomic E-state index is -0.243. The third-order valence-electron chi connectivity index (χ3n) is 3.15. The topological polar surface area (TPSA) is 20.3 Å². The van der Waals surface area contributed by atoms with Gasteiger partial charge in [-0.3, -0.25) is 0 Å². The van der Waals surface area contributed by atoms with Gasteiger partial charge in [-0.1, -0.05) is 32.4 Å². The summed E-state index contributed by atoms with van der Waals surface area (Å²) in [6.07, 6.45) is 3.08. The molecule has 0 N–H and O–H groups in total. The molecule has 94 valence electrons. The van der Waals surface area contributed by atoms with E-state index in [1.165, 1.54) is 11.3 Å². The number of carbonyl (C=O) groups excluding carboxylic acids is 1. The molecule has 0 spiro atoms. The predicted octanol–water partition coefficient (Wildman–Crippen LogP) is 3.44. The van der Waals surface area contributed by atoms with E-state index in [1.807, 2.05) is 14.0 Å². The SMILES string of the molecule is CCCC(C)(C=O)CN(C)c1cccc(C)c1. The summed E-state index contributed by atoms with van der Waals surface area (Å²) in [5.74, 6) is 0. The summed E-state index contributed by atoms with van der Waals surface area (Å²) in [5.41, 5.74) is 2.18. The summed E-state index contributed by atoms with van der Waals surface area (Å²) >= 11 is 0. The molecule has 1 aromatic rings. The Labute approximate surface area is 105 Å². The van der Waals surface area contributed by atoms with Crippen molar-refractivity contribution in [2.24, 2.45) is 5.41 Å². The molecule has 0 fully saturated rings. The number of rotatable bonds is 6. The van der Waals surface area contributed by atoms with Crippen molar-refractivity contribution in [2.75, 3.05) is 18.5 Å². The van der Waals surface area contributed by atoms with Crippen molar-refractivity contribution in [3.63, 3.8) is 0 Å². The van der Waals surface area contributed by atoms with Gasteiger partial charge in [0.1, 0.15) is 6.29 Å². The molecule has 2 heteroatoms. The Kier molecular flexibility index (Phi) is 4.73. The van der Waals surface area contributed by atoms with Crippen molar-refractivity contribution in [1.29, 1.82) is 0 Å². The molecule has 0 bridgehead atoms. The number of hydrogen-bond donors (Lipinski definition) is 0. The number of aldehydes is 1.